The number of rotatable bonds is 14. The molecule has 2 unspecified atom stereocenters. The molecule has 0 amide bonds. The Morgan fingerprint density at radius 3 is 1.89 bits per heavy atom. The number of hydrogen-bond donors (Lipinski definition) is 1. The molecule has 4 nitrogen and oxygen atoms in total. The Labute approximate surface area is 120 Å². The third-order valence-electron chi connectivity index (χ3n) is 2.90. The highest BCUT2D eigenvalue weighted by Gasteiger charge is 2.04. The fourth-order valence-electron chi connectivity index (χ4n) is 1.86. The van der Waals surface area contributed by atoms with Crippen molar-refractivity contribution in [3.63, 3.8) is 0 Å². The molecule has 0 spiro atoms. The lowest BCUT2D eigenvalue weighted by molar-refractivity contribution is 0.000394. The molecule has 0 aliphatic heterocycles. The average molecular weight is 294 g/mol. The maximum Gasteiger partial charge on any atom is 0.307 e. The SMILES string of the molecule is CCCCCCCCCCCCOS(=O)OC(C)O. The van der Waals surface area contributed by atoms with Gasteiger partial charge in [0.25, 0.3) is 0 Å². The summed E-state index contributed by atoms with van der Waals surface area (Å²) in [6.45, 7) is 4.07. The summed E-state index contributed by atoms with van der Waals surface area (Å²) in [5.41, 5.74) is 0. The molecule has 0 radical (unpaired) electrons. The Morgan fingerprint density at radius 2 is 1.42 bits per heavy atom. The maximum absolute atomic E-state index is 11.0. The van der Waals surface area contributed by atoms with Crippen LogP contribution in [0.2, 0.25) is 0 Å². The summed E-state index contributed by atoms with van der Waals surface area (Å²) in [7, 11) is 0. The largest absolute Gasteiger partial charge is 0.367 e. The smallest absolute Gasteiger partial charge is 0.307 e. The summed E-state index contributed by atoms with van der Waals surface area (Å²) >= 11 is -1.81. The van der Waals surface area contributed by atoms with Crippen LogP contribution in [0.25, 0.3) is 0 Å². The molecule has 0 fully saturated rings. The molecule has 1 N–H and O–H groups in total. The van der Waals surface area contributed by atoms with Crippen molar-refractivity contribution in [1.82, 2.24) is 0 Å². The molecule has 2 atom stereocenters. The van der Waals surface area contributed by atoms with Crippen LogP contribution in [0.1, 0.15) is 78.1 Å². The van der Waals surface area contributed by atoms with Crippen LogP contribution in [0.3, 0.4) is 0 Å². The fourth-order valence-corrected chi connectivity index (χ4v) is 2.39. The molecule has 116 valence electrons. The van der Waals surface area contributed by atoms with Crippen LogP contribution in [0.4, 0.5) is 0 Å². The first-order valence-electron chi connectivity index (χ1n) is 7.57. The molecule has 0 aliphatic carbocycles. The summed E-state index contributed by atoms with van der Waals surface area (Å²) in [6.07, 6.45) is 11.5. The average Bonchev–Trinajstić information content (AvgIpc) is 2.35. The molecule has 0 heterocycles. The first kappa shape index (κ1) is 19.0. The van der Waals surface area contributed by atoms with E-state index in [-0.39, 0.29) is 0 Å². The lowest BCUT2D eigenvalue weighted by Gasteiger charge is -2.05. The summed E-state index contributed by atoms with van der Waals surface area (Å²) in [5, 5.41) is 8.80. The van der Waals surface area contributed by atoms with Crippen LogP contribution in [-0.2, 0) is 19.7 Å². The summed E-state index contributed by atoms with van der Waals surface area (Å²) in [5.74, 6) is 0. The van der Waals surface area contributed by atoms with Gasteiger partial charge in [-0.3, -0.25) is 4.18 Å². The van der Waals surface area contributed by atoms with Gasteiger partial charge in [-0.2, -0.15) is 4.21 Å². The van der Waals surface area contributed by atoms with Gasteiger partial charge in [0.05, 0.1) is 6.61 Å². The molecule has 0 saturated heterocycles. The Morgan fingerprint density at radius 1 is 0.947 bits per heavy atom. The normalized spacial score (nSPS) is 14.5. The fraction of sp³-hybridized carbons (Fsp3) is 1.00. The minimum absolute atomic E-state index is 0.426. The molecular weight excluding hydrogens is 264 g/mol. The lowest BCUT2D eigenvalue weighted by Crippen LogP contribution is -2.11. The predicted molar refractivity (Wildman–Crippen MR) is 78.7 cm³/mol. The molecule has 0 saturated carbocycles. The molecule has 5 heteroatoms. The van der Waals surface area contributed by atoms with E-state index in [0.717, 1.165) is 12.8 Å². The molecule has 0 aliphatic rings. The predicted octanol–water partition coefficient (Wildman–Crippen LogP) is 3.86. The topological polar surface area (TPSA) is 55.8 Å². The standard InChI is InChI=1S/C14H30O4S/c1-3-4-5-6-7-8-9-10-11-12-13-17-19(16)18-14(2)15/h14-15H,3-13H2,1-2H3. The van der Waals surface area contributed by atoms with Crippen molar-refractivity contribution in [3.8, 4) is 0 Å². The molecule has 0 aromatic carbocycles. The van der Waals surface area contributed by atoms with E-state index >= 15 is 0 Å². The number of unbranched alkanes of at least 4 members (excludes halogenated alkanes) is 9. The minimum atomic E-state index is -1.81. The van der Waals surface area contributed by atoms with Gasteiger partial charge in [-0.15, -0.1) is 0 Å². The second-order valence-corrected chi connectivity index (χ2v) is 5.74. The van der Waals surface area contributed by atoms with Crippen LogP contribution in [0.15, 0.2) is 0 Å². The van der Waals surface area contributed by atoms with E-state index in [1.807, 2.05) is 0 Å². The van der Waals surface area contributed by atoms with Crippen molar-refractivity contribution in [2.75, 3.05) is 6.61 Å². The van der Waals surface area contributed by atoms with Crippen LogP contribution in [0.5, 0.6) is 0 Å². The van der Waals surface area contributed by atoms with Crippen LogP contribution >= 0.6 is 0 Å². The highest BCUT2D eigenvalue weighted by Crippen LogP contribution is 2.10. The van der Waals surface area contributed by atoms with Gasteiger partial charge in [0.15, 0.2) is 6.29 Å². The third-order valence-corrected chi connectivity index (χ3v) is 3.69. The Hall–Kier alpha value is 0.0300. The minimum Gasteiger partial charge on any atom is -0.367 e. The molecule has 19 heavy (non-hydrogen) atoms. The number of hydrogen-bond acceptors (Lipinski definition) is 4. The highest BCUT2D eigenvalue weighted by molar-refractivity contribution is 7.75. The van der Waals surface area contributed by atoms with Crippen molar-refractivity contribution in [3.05, 3.63) is 0 Å². The van der Waals surface area contributed by atoms with E-state index in [2.05, 4.69) is 11.1 Å². The molecule has 0 rings (SSSR count). The lowest BCUT2D eigenvalue weighted by atomic mass is 10.1. The monoisotopic (exact) mass is 294 g/mol. The van der Waals surface area contributed by atoms with E-state index in [9.17, 15) is 4.21 Å². The molecule has 0 aromatic heterocycles. The Bertz CT molecular complexity index is 210. The summed E-state index contributed by atoms with van der Waals surface area (Å²) in [4.78, 5) is 0. The Kier molecular flexibility index (Phi) is 14.5. The summed E-state index contributed by atoms with van der Waals surface area (Å²) < 4.78 is 20.5. The zero-order valence-corrected chi connectivity index (χ0v) is 13.3. The van der Waals surface area contributed by atoms with Crippen LogP contribution < -0.4 is 0 Å². The van der Waals surface area contributed by atoms with Crippen molar-refractivity contribution in [1.29, 1.82) is 0 Å². The van der Waals surface area contributed by atoms with Crippen molar-refractivity contribution in [2.24, 2.45) is 0 Å². The van der Waals surface area contributed by atoms with Crippen molar-refractivity contribution < 1.29 is 17.7 Å². The van der Waals surface area contributed by atoms with Gasteiger partial charge in [-0.05, 0) is 13.3 Å². The van der Waals surface area contributed by atoms with Crippen molar-refractivity contribution in [2.45, 2.75) is 84.3 Å². The quantitative estimate of drug-likeness (QED) is 0.390. The molecule has 0 bridgehead atoms. The summed E-state index contributed by atoms with van der Waals surface area (Å²) in [6, 6.07) is 0. The van der Waals surface area contributed by atoms with Crippen LogP contribution in [0, 0.1) is 0 Å². The second-order valence-electron chi connectivity index (χ2n) is 4.90. The highest BCUT2D eigenvalue weighted by atomic mass is 32.2. The van der Waals surface area contributed by atoms with Gasteiger partial charge < -0.3 is 5.11 Å². The first-order valence-corrected chi connectivity index (χ1v) is 8.57. The molecular formula is C14H30O4S. The zero-order chi connectivity index (χ0) is 14.3. The molecule has 0 aromatic rings. The van der Waals surface area contributed by atoms with Crippen LogP contribution in [-0.4, -0.2) is 22.2 Å². The van der Waals surface area contributed by atoms with Gasteiger partial charge >= 0.3 is 11.4 Å². The van der Waals surface area contributed by atoms with E-state index in [1.165, 1.54) is 58.3 Å². The Balaban J connectivity index is 3.08. The van der Waals surface area contributed by atoms with E-state index < -0.39 is 17.7 Å². The first-order chi connectivity index (χ1) is 9.16. The van der Waals surface area contributed by atoms with Gasteiger partial charge in [0.1, 0.15) is 0 Å². The van der Waals surface area contributed by atoms with Gasteiger partial charge in [-0.1, -0.05) is 64.7 Å². The van der Waals surface area contributed by atoms with E-state index in [4.69, 9.17) is 9.29 Å². The zero-order valence-electron chi connectivity index (χ0n) is 12.4. The van der Waals surface area contributed by atoms with E-state index in [1.54, 1.807) is 0 Å². The third kappa shape index (κ3) is 16.0. The number of aliphatic hydroxyl groups excluding tert-OH is 1. The van der Waals surface area contributed by atoms with Crippen molar-refractivity contribution >= 4 is 11.4 Å². The second kappa shape index (κ2) is 14.4. The van der Waals surface area contributed by atoms with E-state index in [0.29, 0.717) is 6.61 Å². The van der Waals surface area contributed by atoms with Gasteiger partial charge in [0, 0.05) is 0 Å². The maximum atomic E-state index is 11.0. The van der Waals surface area contributed by atoms with Gasteiger partial charge in [0.2, 0.25) is 0 Å². The van der Waals surface area contributed by atoms with Gasteiger partial charge in [-0.25, -0.2) is 4.18 Å². The number of aliphatic hydroxyl groups is 1.